The summed E-state index contributed by atoms with van der Waals surface area (Å²) in [6.45, 7) is 7.03. The van der Waals surface area contributed by atoms with Crippen molar-refractivity contribution in [3.8, 4) is 16.9 Å². The number of pyridine rings is 1. The van der Waals surface area contributed by atoms with Gasteiger partial charge in [-0.1, -0.05) is 46.6 Å². The lowest BCUT2D eigenvalue weighted by Gasteiger charge is -2.28. The van der Waals surface area contributed by atoms with E-state index in [4.69, 9.17) is 21.1 Å². The maximum atomic E-state index is 13.4. The van der Waals surface area contributed by atoms with Gasteiger partial charge >= 0.3 is 5.97 Å². The molecule has 3 aromatic rings. The maximum Gasteiger partial charge on any atom is 0.330 e. The van der Waals surface area contributed by atoms with Gasteiger partial charge in [0.2, 0.25) is 0 Å². The molecule has 1 aromatic heterocycles. The number of nitrogens with zero attached hydrogens (tertiary/aromatic N) is 1. The predicted molar refractivity (Wildman–Crippen MR) is 145 cm³/mol. The Labute approximate surface area is 224 Å². The maximum absolute atomic E-state index is 13.4. The first-order chi connectivity index (χ1) is 17.0. The summed E-state index contributed by atoms with van der Waals surface area (Å²) in [5.41, 5.74) is 1.03. The summed E-state index contributed by atoms with van der Waals surface area (Å²) < 4.78 is 13.6. The Kier molecular flexibility index (Phi) is 8.80. The topological polar surface area (TPSA) is 74.6 Å². The zero-order valence-electron chi connectivity index (χ0n) is 20.9. The fourth-order valence-electron chi connectivity index (χ4n) is 3.74. The minimum Gasteiger partial charge on any atom is -0.495 e. The molecular weight excluding hydrogens is 546 g/mol. The number of esters is 1. The number of ketones is 1. The van der Waals surface area contributed by atoms with Crippen LogP contribution in [0.3, 0.4) is 0 Å². The molecule has 0 fully saturated rings. The van der Waals surface area contributed by atoms with Crippen molar-refractivity contribution in [1.29, 1.82) is 0 Å². The Hall–Kier alpha value is -2.90. The van der Waals surface area contributed by atoms with Gasteiger partial charge in [-0.2, -0.15) is 0 Å². The number of benzene rings is 2. The molecular formula is C28H29BrClNO5. The third-order valence-corrected chi connectivity index (χ3v) is 6.86. The quantitative estimate of drug-likeness (QED) is 0.211. The minimum atomic E-state index is -0.931. The zero-order chi connectivity index (χ0) is 26.6. The summed E-state index contributed by atoms with van der Waals surface area (Å²) >= 11 is 9.63. The van der Waals surface area contributed by atoms with Crippen molar-refractivity contribution in [2.75, 3.05) is 7.11 Å². The van der Waals surface area contributed by atoms with Crippen LogP contribution in [-0.4, -0.2) is 29.0 Å². The highest BCUT2D eigenvalue weighted by Crippen LogP contribution is 2.34. The Bertz CT molecular complexity index is 1330. The molecule has 0 aliphatic rings. The SMILES string of the molecule is CCC(C)(C)OC(=O)C(Cc1ccc(Br)cc1)n1cc(OC)c(-c2cc(Cl)ccc2C(C)=O)cc1=O. The van der Waals surface area contributed by atoms with Crippen molar-refractivity contribution in [2.45, 2.75) is 52.2 Å². The van der Waals surface area contributed by atoms with E-state index < -0.39 is 23.2 Å². The monoisotopic (exact) mass is 573 g/mol. The number of carbonyl (C=O) groups is 2. The van der Waals surface area contributed by atoms with Gasteiger partial charge in [-0.05, 0) is 68.7 Å². The van der Waals surface area contributed by atoms with E-state index in [-0.39, 0.29) is 12.2 Å². The van der Waals surface area contributed by atoms with Crippen LogP contribution in [0.2, 0.25) is 5.02 Å². The molecule has 0 bridgehead atoms. The van der Waals surface area contributed by atoms with Gasteiger partial charge in [0.15, 0.2) is 5.78 Å². The van der Waals surface area contributed by atoms with Gasteiger partial charge in [-0.25, -0.2) is 4.79 Å². The van der Waals surface area contributed by atoms with Gasteiger partial charge in [0.05, 0.1) is 13.3 Å². The van der Waals surface area contributed by atoms with Crippen molar-refractivity contribution < 1.29 is 19.1 Å². The normalized spacial score (nSPS) is 12.2. The van der Waals surface area contributed by atoms with E-state index in [2.05, 4.69) is 15.9 Å². The smallest absolute Gasteiger partial charge is 0.330 e. The number of Topliss-reactive ketones (excluding diaryl/α,β-unsaturated/α-hetero) is 1. The van der Waals surface area contributed by atoms with Crippen LogP contribution in [-0.2, 0) is 16.0 Å². The average molecular weight is 575 g/mol. The van der Waals surface area contributed by atoms with Crippen LogP contribution in [0.1, 0.15) is 56.1 Å². The number of ether oxygens (including phenoxy) is 2. The fraction of sp³-hybridized carbons (Fsp3) is 0.321. The molecule has 6 nitrogen and oxygen atoms in total. The molecule has 0 amide bonds. The van der Waals surface area contributed by atoms with E-state index in [9.17, 15) is 14.4 Å². The molecule has 3 rings (SSSR count). The van der Waals surface area contributed by atoms with Crippen LogP contribution in [0.15, 0.2) is 64.0 Å². The molecule has 36 heavy (non-hydrogen) atoms. The summed E-state index contributed by atoms with van der Waals surface area (Å²) in [5.74, 6) is -0.372. The molecule has 0 N–H and O–H groups in total. The van der Waals surface area contributed by atoms with Gasteiger partial charge in [0.1, 0.15) is 17.4 Å². The van der Waals surface area contributed by atoms with Gasteiger partial charge in [-0.15, -0.1) is 0 Å². The molecule has 2 aromatic carbocycles. The van der Waals surface area contributed by atoms with Crippen molar-refractivity contribution >= 4 is 39.3 Å². The number of halogens is 2. The predicted octanol–water partition coefficient (Wildman–Crippen LogP) is 6.66. The van der Waals surface area contributed by atoms with E-state index in [1.807, 2.05) is 45.0 Å². The van der Waals surface area contributed by atoms with E-state index in [1.54, 1.807) is 18.2 Å². The molecule has 0 aliphatic heterocycles. The lowest BCUT2D eigenvalue weighted by atomic mass is 9.97. The first kappa shape index (κ1) is 27.7. The third-order valence-electron chi connectivity index (χ3n) is 6.09. The molecule has 190 valence electrons. The highest BCUT2D eigenvalue weighted by atomic mass is 79.9. The molecule has 0 radical (unpaired) electrons. The average Bonchev–Trinajstić information content (AvgIpc) is 2.83. The summed E-state index contributed by atoms with van der Waals surface area (Å²) in [6, 6.07) is 12.8. The number of rotatable bonds is 9. The van der Waals surface area contributed by atoms with Crippen LogP contribution >= 0.6 is 27.5 Å². The lowest BCUT2D eigenvalue weighted by Crippen LogP contribution is -2.37. The standard InChI is InChI=1S/C28H29BrClNO5/c1-6-28(3,4)36-27(34)24(13-18-7-9-19(29)10-8-18)31-16-25(35-5)23(15-26(31)33)22-14-20(30)11-12-21(22)17(2)32/h7-12,14-16,24H,6,13H2,1-5H3. The van der Waals surface area contributed by atoms with Crippen molar-refractivity contribution in [3.63, 3.8) is 0 Å². The van der Waals surface area contributed by atoms with Gasteiger partial charge < -0.3 is 9.47 Å². The van der Waals surface area contributed by atoms with Crippen LogP contribution in [0.5, 0.6) is 5.75 Å². The second-order valence-electron chi connectivity index (χ2n) is 9.13. The molecule has 1 heterocycles. The number of methoxy groups -OCH3 is 1. The van der Waals surface area contributed by atoms with Crippen LogP contribution in [0.4, 0.5) is 0 Å². The second kappa shape index (κ2) is 11.4. The molecule has 0 saturated heterocycles. The minimum absolute atomic E-state index is 0.175. The Balaban J connectivity index is 2.16. The van der Waals surface area contributed by atoms with Crippen molar-refractivity contribution in [2.24, 2.45) is 0 Å². The molecule has 8 heteroatoms. The zero-order valence-corrected chi connectivity index (χ0v) is 23.3. The molecule has 0 aliphatic carbocycles. The molecule has 1 unspecified atom stereocenters. The van der Waals surface area contributed by atoms with Gasteiger partial charge in [0, 0.05) is 33.1 Å². The Morgan fingerprint density at radius 1 is 1.08 bits per heavy atom. The molecule has 0 saturated carbocycles. The summed E-state index contributed by atoms with van der Waals surface area (Å²) in [7, 11) is 1.47. The van der Waals surface area contributed by atoms with Crippen LogP contribution < -0.4 is 10.3 Å². The lowest BCUT2D eigenvalue weighted by molar-refractivity contribution is -0.161. The third kappa shape index (κ3) is 6.45. The van der Waals surface area contributed by atoms with E-state index >= 15 is 0 Å². The van der Waals surface area contributed by atoms with Crippen LogP contribution in [0, 0.1) is 0 Å². The number of carbonyl (C=O) groups excluding carboxylic acids is 2. The second-order valence-corrected chi connectivity index (χ2v) is 10.5. The molecule has 0 spiro atoms. The summed E-state index contributed by atoms with van der Waals surface area (Å²) in [5, 5.41) is 0.416. The van der Waals surface area contributed by atoms with E-state index in [1.165, 1.54) is 30.9 Å². The van der Waals surface area contributed by atoms with Crippen LogP contribution in [0.25, 0.3) is 11.1 Å². The summed E-state index contributed by atoms with van der Waals surface area (Å²) in [4.78, 5) is 39.1. The van der Waals surface area contributed by atoms with Gasteiger partial charge in [0.25, 0.3) is 5.56 Å². The Morgan fingerprint density at radius 2 is 1.75 bits per heavy atom. The summed E-state index contributed by atoms with van der Waals surface area (Å²) in [6.07, 6.45) is 2.35. The highest BCUT2D eigenvalue weighted by molar-refractivity contribution is 9.10. The van der Waals surface area contributed by atoms with E-state index in [0.29, 0.717) is 33.9 Å². The highest BCUT2D eigenvalue weighted by Gasteiger charge is 2.30. The first-order valence-corrected chi connectivity index (χ1v) is 12.7. The largest absolute Gasteiger partial charge is 0.495 e. The number of aromatic nitrogens is 1. The van der Waals surface area contributed by atoms with E-state index in [0.717, 1.165) is 10.0 Å². The molecule has 1 atom stereocenters. The van der Waals surface area contributed by atoms with Crippen molar-refractivity contribution in [1.82, 2.24) is 4.57 Å². The number of hydrogen-bond donors (Lipinski definition) is 0. The first-order valence-electron chi connectivity index (χ1n) is 11.5. The fourth-order valence-corrected chi connectivity index (χ4v) is 4.18. The Morgan fingerprint density at radius 3 is 2.33 bits per heavy atom. The van der Waals surface area contributed by atoms with Crippen molar-refractivity contribution in [3.05, 3.63) is 85.7 Å². The van der Waals surface area contributed by atoms with Gasteiger partial charge in [-0.3, -0.25) is 14.2 Å². The number of hydrogen-bond acceptors (Lipinski definition) is 5.